The minimum atomic E-state index is 0.379. The van der Waals surface area contributed by atoms with Crippen LogP contribution in [-0.4, -0.2) is 4.57 Å². The van der Waals surface area contributed by atoms with Crippen molar-refractivity contribution in [1.29, 1.82) is 0 Å². The van der Waals surface area contributed by atoms with E-state index in [2.05, 4.69) is 111 Å². The summed E-state index contributed by atoms with van der Waals surface area (Å²) < 4.78 is 2.56. The van der Waals surface area contributed by atoms with Gasteiger partial charge in [-0.1, -0.05) is 107 Å². The molecule has 1 N–H and O–H groups in total. The zero-order chi connectivity index (χ0) is 25.9. The molecule has 0 unspecified atom stereocenters. The van der Waals surface area contributed by atoms with E-state index >= 15 is 0 Å². The van der Waals surface area contributed by atoms with E-state index in [-0.39, 0.29) is 0 Å². The number of nitrogens with one attached hydrogen (secondary N) is 1. The van der Waals surface area contributed by atoms with Crippen LogP contribution < -0.4 is 5.32 Å². The second-order valence-corrected chi connectivity index (χ2v) is 11.4. The maximum Gasteiger partial charge on any atom is 0.0495 e. The average Bonchev–Trinajstić information content (AvgIpc) is 3.51. The topological polar surface area (TPSA) is 17.0 Å². The molecule has 192 valence electrons. The number of fused-ring (bicyclic) bond motifs is 1. The highest BCUT2D eigenvalue weighted by molar-refractivity contribution is 5.95. The summed E-state index contributed by atoms with van der Waals surface area (Å²) in [7, 11) is 0. The van der Waals surface area contributed by atoms with Crippen LogP contribution in [0.2, 0.25) is 0 Å². The van der Waals surface area contributed by atoms with Crippen molar-refractivity contribution < 1.29 is 0 Å². The smallest absolute Gasteiger partial charge is 0.0495 e. The van der Waals surface area contributed by atoms with Crippen LogP contribution in [0.3, 0.4) is 0 Å². The molecule has 1 fully saturated rings. The lowest BCUT2D eigenvalue weighted by molar-refractivity contribution is 0.546. The molecule has 4 aromatic rings. The van der Waals surface area contributed by atoms with Gasteiger partial charge in [0.05, 0.1) is 0 Å². The Hall–Kier alpha value is -3.26. The fraction of sp³-hybridized carbons (Fsp3) is 0.371. The summed E-state index contributed by atoms with van der Waals surface area (Å²) in [5.74, 6) is 1.22. The van der Waals surface area contributed by atoms with Crippen molar-refractivity contribution in [2.75, 3.05) is 0 Å². The van der Waals surface area contributed by atoms with Crippen LogP contribution in [0.15, 0.2) is 73.3 Å². The Morgan fingerprint density at radius 2 is 1.62 bits per heavy atom. The summed E-state index contributed by atoms with van der Waals surface area (Å²) in [5, 5.41) is 5.00. The van der Waals surface area contributed by atoms with Crippen LogP contribution in [0.5, 0.6) is 0 Å². The Balaban J connectivity index is 1.55. The van der Waals surface area contributed by atoms with Gasteiger partial charge in [0.25, 0.3) is 0 Å². The van der Waals surface area contributed by atoms with Gasteiger partial charge in [0, 0.05) is 40.9 Å². The predicted molar refractivity (Wildman–Crippen MR) is 159 cm³/mol. The molecule has 0 radical (unpaired) electrons. The average molecular weight is 491 g/mol. The van der Waals surface area contributed by atoms with Crippen LogP contribution in [0.1, 0.15) is 84.5 Å². The molecule has 5 rings (SSSR count). The SMILES string of the molecule is C=C(NCc1ccc(C)c(C)c1)c1c(C(C)C)n(Cc2ccccc2)c2cc(CC3CCCC3)ccc12. The lowest BCUT2D eigenvalue weighted by Gasteiger charge is -2.18. The fourth-order valence-corrected chi connectivity index (χ4v) is 6.15. The largest absolute Gasteiger partial charge is 0.381 e. The first-order chi connectivity index (χ1) is 17.9. The Kier molecular flexibility index (Phi) is 7.55. The molecule has 0 spiro atoms. The lowest BCUT2D eigenvalue weighted by Crippen LogP contribution is -2.14. The molecule has 37 heavy (non-hydrogen) atoms. The van der Waals surface area contributed by atoms with Gasteiger partial charge >= 0.3 is 0 Å². The molecule has 2 heteroatoms. The molecule has 2 nitrogen and oxygen atoms in total. The van der Waals surface area contributed by atoms with Crippen LogP contribution in [0.4, 0.5) is 0 Å². The summed E-state index contributed by atoms with van der Waals surface area (Å²) in [4.78, 5) is 0. The van der Waals surface area contributed by atoms with Gasteiger partial charge in [-0.2, -0.15) is 0 Å². The van der Waals surface area contributed by atoms with Gasteiger partial charge < -0.3 is 9.88 Å². The Morgan fingerprint density at radius 1 is 0.892 bits per heavy atom. The van der Waals surface area contributed by atoms with Crippen molar-refractivity contribution in [3.8, 4) is 0 Å². The molecule has 0 bridgehead atoms. The minimum absolute atomic E-state index is 0.379. The van der Waals surface area contributed by atoms with E-state index in [0.717, 1.165) is 24.7 Å². The quantitative estimate of drug-likeness (QED) is 0.248. The number of nitrogens with zero attached hydrogens (tertiary/aromatic N) is 1. The first-order valence-electron chi connectivity index (χ1n) is 14.1. The fourth-order valence-electron chi connectivity index (χ4n) is 6.15. The van der Waals surface area contributed by atoms with Gasteiger partial charge in [0.15, 0.2) is 0 Å². The molecule has 1 aliphatic carbocycles. The van der Waals surface area contributed by atoms with Gasteiger partial charge in [-0.3, -0.25) is 0 Å². The van der Waals surface area contributed by atoms with E-state index in [0.29, 0.717) is 5.92 Å². The highest BCUT2D eigenvalue weighted by Crippen LogP contribution is 2.37. The molecular formula is C35H42N2. The maximum atomic E-state index is 4.57. The molecule has 0 atom stereocenters. The van der Waals surface area contributed by atoms with Gasteiger partial charge in [-0.15, -0.1) is 0 Å². The van der Waals surface area contributed by atoms with Crippen molar-refractivity contribution in [3.63, 3.8) is 0 Å². The van der Waals surface area contributed by atoms with Crippen LogP contribution in [-0.2, 0) is 19.5 Å². The number of aromatic nitrogens is 1. The summed E-state index contributed by atoms with van der Waals surface area (Å²) in [6.45, 7) is 15.2. The molecule has 1 aromatic heterocycles. The number of benzene rings is 3. The standard InChI is InChI=1S/C35H42N2/c1-24(2)35-34(27(5)36-22-31-16-15-25(3)26(4)19-31)32-18-17-30(20-28-11-9-10-12-28)21-33(32)37(35)23-29-13-7-6-8-14-29/h6-8,13-19,21,24,28,36H,5,9-12,20,22-23H2,1-4H3. The first kappa shape index (κ1) is 25.4. The van der Waals surface area contributed by atoms with E-state index in [1.54, 1.807) is 0 Å². The van der Waals surface area contributed by atoms with Gasteiger partial charge in [0.2, 0.25) is 0 Å². The molecule has 1 heterocycles. The third-order valence-corrected chi connectivity index (χ3v) is 8.28. The van der Waals surface area contributed by atoms with E-state index in [1.165, 1.54) is 82.1 Å². The predicted octanol–water partition coefficient (Wildman–Crippen LogP) is 8.92. The number of hydrogen-bond acceptors (Lipinski definition) is 1. The van der Waals surface area contributed by atoms with Crippen molar-refractivity contribution in [2.24, 2.45) is 5.92 Å². The van der Waals surface area contributed by atoms with Gasteiger partial charge in [0.1, 0.15) is 0 Å². The van der Waals surface area contributed by atoms with E-state index in [9.17, 15) is 0 Å². The van der Waals surface area contributed by atoms with Crippen LogP contribution in [0, 0.1) is 19.8 Å². The molecule has 0 aliphatic heterocycles. The highest BCUT2D eigenvalue weighted by Gasteiger charge is 2.23. The third kappa shape index (κ3) is 5.54. The Morgan fingerprint density at radius 3 is 2.32 bits per heavy atom. The van der Waals surface area contributed by atoms with Crippen LogP contribution >= 0.6 is 0 Å². The molecule has 1 aliphatic rings. The summed E-state index contributed by atoms with van der Waals surface area (Å²) >= 11 is 0. The zero-order valence-corrected chi connectivity index (χ0v) is 23.1. The van der Waals surface area contributed by atoms with Gasteiger partial charge in [-0.25, -0.2) is 0 Å². The second kappa shape index (κ2) is 11.0. The van der Waals surface area contributed by atoms with Crippen molar-refractivity contribution in [1.82, 2.24) is 9.88 Å². The molecule has 1 saturated carbocycles. The van der Waals surface area contributed by atoms with E-state index in [1.807, 2.05) is 0 Å². The van der Waals surface area contributed by atoms with Crippen molar-refractivity contribution in [2.45, 2.75) is 78.8 Å². The molecule has 0 amide bonds. The maximum absolute atomic E-state index is 4.57. The summed E-state index contributed by atoms with van der Waals surface area (Å²) in [6.07, 6.45) is 6.75. The number of rotatable bonds is 9. The number of hydrogen-bond donors (Lipinski definition) is 1. The molecule has 0 saturated heterocycles. The highest BCUT2D eigenvalue weighted by atomic mass is 15.0. The van der Waals surface area contributed by atoms with Crippen LogP contribution in [0.25, 0.3) is 16.6 Å². The normalized spacial score (nSPS) is 14.1. The third-order valence-electron chi connectivity index (χ3n) is 8.28. The summed E-state index contributed by atoms with van der Waals surface area (Å²) in [6, 6.07) is 24.8. The second-order valence-electron chi connectivity index (χ2n) is 11.4. The summed E-state index contributed by atoms with van der Waals surface area (Å²) in [5.41, 5.74) is 11.8. The Labute approximate surface area is 223 Å². The first-order valence-corrected chi connectivity index (χ1v) is 14.1. The zero-order valence-electron chi connectivity index (χ0n) is 23.1. The molecule has 3 aromatic carbocycles. The van der Waals surface area contributed by atoms with Crippen molar-refractivity contribution >= 4 is 16.6 Å². The monoisotopic (exact) mass is 490 g/mol. The Bertz CT molecular complexity index is 1380. The van der Waals surface area contributed by atoms with Gasteiger partial charge in [-0.05, 0) is 66.0 Å². The van der Waals surface area contributed by atoms with Crippen molar-refractivity contribution in [3.05, 3.63) is 112 Å². The minimum Gasteiger partial charge on any atom is -0.381 e. The van der Waals surface area contributed by atoms with E-state index in [4.69, 9.17) is 0 Å². The molecular weight excluding hydrogens is 448 g/mol. The lowest BCUT2D eigenvalue weighted by atomic mass is 9.96. The number of aryl methyl sites for hydroxylation is 2. The van der Waals surface area contributed by atoms with E-state index < -0.39 is 0 Å².